The van der Waals surface area contributed by atoms with Crippen LogP contribution in [0.15, 0.2) is 72.0 Å². The van der Waals surface area contributed by atoms with Crippen molar-refractivity contribution in [3.63, 3.8) is 0 Å². The monoisotopic (exact) mass is 578 g/mol. The first kappa shape index (κ1) is 27.7. The maximum absolute atomic E-state index is 13.3. The van der Waals surface area contributed by atoms with E-state index in [1.165, 1.54) is 12.3 Å². The molecule has 0 unspecified atom stereocenters. The van der Waals surface area contributed by atoms with Crippen LogP contribution in [0.4, 0.5) is 37.8 Å². The smallest absolute Gasteiger partial charge is 0.372 e. The van der Waals surface area contributed by atoms with Crippen molar-refractivity contribution in [1.29, 1.82) is 0 Å². The Bertz CT molecular complexity index is 1690. The number of nitrogens with zero attached hydrogens (tertiary/aromatic N) is 4. The third-order valence-corrected chi connectivity index (χ3v) is 7.12. The van der Waals surface area contributed by atoms with Crippen molar-refractivity contribution in [2.24, 2.45) is 5.14 Å². The van der Waals surface area contributed by atoms with Gasteiger partial charge in [-0.3, -0.25) is 14.8 Å². The van der Waals surface area contributed by atoms with E-state index in [0.717, 1.165) is 27.9 Å². The molecule has 0 amide bonds. The first-order chi connectivity index (χ1) is 18.8. The fourth-order valence-electron chi connectivity index (χ4n) is 4.34. The number of benzene rings is 2. The number of hydrogen-bond acceptors (Lipinski definition) is 7. The molecule has 5 rings (SSSR count). The molecule has 3 aromatic heterocycles. The predicted octanol–water partition coefficient (Wildman–Crippen LogP) is 6.52. The summed E-state index contributed by atoms with van der Waals surface area (Å²) in [5.41, 5.74) is -2.53. The van der Waals surface area contributed by atoms with Gasteiger partial charge in [-0.2, -0.15) is 31.4 Å². The lowest BCUT2D eigenvalue weighted by molar-refractivity contribution is -0.372. The average molecular weight is 579 g/mol. The lowest BCUT2D eigenvalue weighted by Gasteiger charge is -2.32. The lowest BCUT2D eigenvalue weighted by Crippen LogP contribution is -2.59. The number of halogens is 6. The lowest BCUT2D eigenvalue weighted by atomic mass is 9.98. The molecule has 7 nitrogen and oxygen atoms in total. The van der Waals surface area contributed by atoms with Crippen LogP contribution in [0.1, 0.15) is 5.56 Å². The number of pyridine rings is 2. The van der Waals surface area contributed by atoms with Crippen LogP contribution < -0.4 is 10.5 Å². The fourth-order valence-corrected chi connectivity index (χ4v) is 4.64. The SMILES string of the molecule is Cc1c(-c2nccc3cnc(Nc4ccc(SN)cc4)cc23)ccc2c1cnn2CC(O)(C(F)(F)F)C(F)(F)F. The number of nitrogens with one attached hydrogen (secondary N) is 1. The molecular weight excluding hydrogens is 558 g/mol. The quantitative estimate of drug-likeness (QED) is 0.156. The van der Waals surface area contributed by atoms with Crippen LogP contribution in [0.2, 0.25) is 0 Å². The topological polar surface area (TPSA) is 102 Å². The molecule has 14 heteroatoms. The Balaban J connectivity index is 1.55. The zero-order chi connectivity index (χ0) is 28.9. The summed E-state index contributed by atoms with van der Waals surface area (Å²) in [6, 6.07) is 13.9. The summed E-state index contributed by atoms with van der Waals surface area (Å²) >= 11 is 1.12. The number of hydrogen-bond donors (Lipinski definition) is 3. The summed E-state index contributed by atoms with van der Waals surface area (Å²) in [7, 11) is 0. The number of rotatable bonds is 6. The zero-order valence-electron chi connectivity index (χ0n) is 20.5. The molecule has 0 fully saturated rings. The first-order valence-corrected chi connectivity index (χ1v) is 12.5. The molecule has 0 bridgehead atoms. The van der Waals surface area contributed by atoms with E-state index in [-0.39, 0.29) is 5.52 Å². The Morgan fingerprint density at radius 2 is 1.62 bits per heavy atom. The van der Waals surface area contributed by atoms with Crippen molar-refractivity contribution in [1.82, 2.24) is 19.7 Å². The second kappa shape index (κ2) is 9.94. The third kappa shape index (κ3) is 4.82. The number of aromatic nitrogens is 4. The van der Waals surface area contributed by atoms with Crippen LogP contribution >= 0.6 is 11.9 Å². The molecule has 0 saturated heterocycles. The van der Waals surface area contributed by atoms with Crippen LogP contribution in [-0.4, -0.2) is 42.8 Å². The Morgan fingerprint density at radius 3 is 2.27 bits per heavy atom. The Hall–Kier alpha value is -3.88. The number of fused-ring (bicyclic) bond motifs is 2. The van der Waals surface area contributed by atoms with Gasteiger partial charge in [-0.1, -0.05) is 6.07 Å². The van der Waals surface area contributed by atoms with Gasteiger partial charge in [0.25, 0.3) is 5.60 Å². The van der Waals surface area contributed by atoms with Crippen LogP contribution in [0, 0.1) is 6.92 Å². The highest BCUT2D eigenvalue weighted by atomic mass is 32.2. The van der Waals surface area contributed by atoms with Gasteiger partial charge < -0.3 is 10.4 Å². The van der Waals surface area contributed by atoms with E-state index in [1.54, 1.807) is 37.5 Å². The summed E-state index contributed by atoms with van der Waals surface area (Å²) in [6.07, 6.45) is -7.51. The molecule has 4 N–H and O–H groups in total. The van der Waals surface area contributed by atoms with Crippen LogP contribution in [0.25, 0.3) is 32.9 Å². The van der Waals surface area contributed by atoms with E-state index in [9.17, 15) is 31.4 Å². The normalized spacial score (nSPS) is 12.8. The molecule has 3 heterocycles. The van der Waals surface area contributed by atoms with Crippen molar-refractivity contribution < 1.29 is 31.4 Å². The molecule has 2 aromatic carbocycles. The standard InChI is InChI=1S/C26H20F6N6OS/c1-14-18(6-7-21-20(14)12-36-38(21)13-24(39,25(27,28)29)26(30,31)32)23-19-10-22(35-11-15(19)8-9-34-23)37-16-2-4-17(40-33)5-3-16/h2-12,39H,13,33H2,1H3,(H,35,37). The van der Waals surface area contributed by atoms with Gasteiger partial charge in [0.1, 0.15) is 5.82 Å². The minimum absolute atomic E-state index is 0.00322. The third-order valence-electron chi connectivity index (χ3n) is 6.58. The largest absolute Gasteiger partial charge is 0.428 e. The predicted molar refractivity (Wildman–Crippen MR) is 140 cm³/mol. The van der Waals surface area contributed by atoms with Crippen LogP contribution in [0.3, 0.4) is 0 Å². The summed E-state index contributed by atoms with van der Waals surface area (Å²) in [4.78, 5) is 9.84. The van der Waals surface area contributed by atoms with Gasteiger partial charge >= 0.3 is 12.4 Å². The number of nitrogens with two attached hydrogens (primary N) is 1. The molecule has 0 aliphatic rings. The highest BCUT2D eigenvalue weighted by Crippen LogP contribution is 2.44. The molecule has 0 spiro atoms. The minimum Gasteiger partial charge on any atom is -0.372 e. The van der Waals surface area contributed by atoms with E-state index >= 15 is 0 Å². The second-order valence-corrected chi connectivity index (χ2v) is 9.75. The molecule has 0 aliphatic heterocycles. The van der Waals surface area contributed by atoms with Crippen molar-refractivity contribution in [2.75, 3.05) is 5.32 Å². The first-order valence-electron chi connectivity index (χ1n) is 11.6. The maximum atomic E-state index is 13.3. The fraction of sp³-hybridized carbons (Fsp3) is 0.192. The van der Waals surface area contributed by atoms with Crippen LogP contribution in [-0.2, 0) is 6.54 Å². The highest BCUT2D eigenvalue weighted by Gasteiger charge is 2.70. The molecule has 0 atom stereocenters. The van der Waals surface area contributed by atoms with Crippen molar-refractivity contribution in [3.05, 3.63) is 72.7 Å². The summed E-state index contributed by atoms with van der Waals surface area (Å²) < 4.78 is 80.1. The summed E-state index contributed by atoms with van der Waals surface area (Å²) in [6.45, 7) is -0.179. The number of anilines is 2. The molecular formula is C26H20F6N6OS. The van der Waals surface area contributed by atoms with E-state index in [4.69, 9.17) is 5.14 Å². The van der Waals surface area contributed by atoms with E-state index in [0.29, 0.717) is 38.1 Å². The van der Waals surface area contributed by atoms with Gasteiger partial charge in [0.2, 0.25) is 0 Å². The Labute approximate surface area is 227 Å². The van der Waals surface area contributed by atoms with Gasteiger partial charge in [0.15, 0.2) is 0 Å². The average Bonchev–Trinajstić information content (AvgIpc) is 3.31. The second-order valence-electron chi connectivity index (χ2n) is 9.05. The Morgan fingerprint density at radius 1 is 0.925 bits per heavy atom. The molecule has 5 aromatic rings. The van der Waals surface area contributed by atoms with Gasteiger partial charge in [-0.25, -0.2) is 4.98 Å². The van der Waals surface area contributed by atoms with E-state index in [2.05, 4.69) is 20.4 Å². The van der Waals surface area contributed by atoms with Crippen molar-refractivity contribution in [2.45, 2.75) is 36.3 Å². The van der Waals surface area contributed by atoms with Crippen molar-refractivity contribution >= 4 is 45.1 Å². The zero-order valence-corrected chi connectivity index (χ0v) is 21.4. The van der Waals surface area contributed by atoms with Gasteiger partial charge in [0.05, 0.1) is 24.0 Å². The Kier molecular flexibility index (Phi) is 6.88. The van der Waals surface area contributed by atoms with Gasteiger partial charge in [0, 0.05) is 44.7 Å². The molecule has 40 heavy (non-hydrogen) atoms. The summed E-state index contributed by atoms with van der Waals surface area (Å²) in [5.74, 6) is 0.528. The van der Waals surface area contributed by atoms with Crippen molar-refractivity contribution in [3.8, 4) is 11.3 Å². The minimum atomic E-state index is -5.96. The molecule has 0 radical (unpaired) electrons. The number of aliphatic hydroxyl groups is 1. The van der Waals surface area contributed by atoms with E-state index < -0.39 is 24.5 Å². The number of aryl methyl sites for hydroxylation is 1. The van der Waals surface area contributed by atoms with Gasteiger partial charge in [-0.05, 0) is 66.9 Å². The summed E-state index contributed by atoms with van der Waals surface area (Å²) in [5, 5.41) is 24.0. The van der Waals surface area contributed by atoms with Gasteiger partial charge in [-0.15, -0.1) is 0 Å². The van der Waals surface area contributed by atoms with Crippen LogP contribution in [0.5, 0.6) is 0 Å². The molecule has 208 valence electrons. The number of alkyl halides is 6. The molecule has 0 aliphatic carbocycles. The molecule has 0 saturated carbocycles. The highest BCUT2D eigenvalue weighted by molar-refractivity contribution is 7.97. The van der Waals surface area contributed by atoms with E-state index in [1.807, 2.05) is 24.3 Å². The maximum Gasteiger partial charge on any atom is 0.428 e.